The molecule has 0 aromatic rings. The summed E-state index contributed by atoms with van der Waals surface area (Å²) in [6.45, 7) is 8.96. The van der Waals surface area contributed by atoms with Crippen molar-refractivity contribution in [3.05, 3.63) is 67.4 Å². The van der Waals surface area contributed by atoms with Gasteiger partial charge in [0.1, 0.15) is 0 Å². The van der Waals surface area contributed by atoms with Crippen molar-refractivity contribution in [3.8, 4) is 0 Å². The lowest BCUT2D eigenvalue weighted by Crippen LogP contribution is -2.05. The third-order valence-corrected chi connectivity index (χ3v) is 9.21. The number of fused-ring (bicyclic) bond motifs is 2. The van der Waals surface area contributed by atoms with E-state index in [0.717, 1.165) is 5.70 Å². The zero-order valence-corrected chi connectivity index (χ0v) is 17.0. The summed E-state index contributed by atoms with van der Waals surface area (Å²) in [5, 5.41) is 1.21. The topological polar surface area (TPSA) is 26.0 Å². The largest absolute Gasteiger partial charge is 0.398 e. The molecule has 1 aliphatic heterocycles. The minimum absolute atomic E-state index is 0.366. The van der Waals surface area contributed by atoms with E-state index < -0.39 is 10.0 Å². The van der Waals surface area contributed by atoms with Crippen LogP contribution in [0.5, 0.6) is 0 Å². The summed E-state index contributed by atoms with van der Waals surface area (Å²) in [7, 11) is 1.86. The molecular formula is C20H28NPS. The molecule has 0 saturated heterocycles. The predicted octanol–water partition coefficient (Wildman–Crippen LogP) is 5.37. The number of hydrogen-bond acceptors (Lipinski definition) is 1. The molecule has 2 aliphatic carbocycles. The van der Waals surface area contributed by atoms with Crippen LogP contribution in [-0.4, -0.2) is 12.5 Å². The first-order chi connectivity index (χ1) is 10.7. The van der Waals surface area contributed by atoms with E-state index in [1.165, 1.54) is 37.4 Å². The second-order valence-electron chi connectivity index (χ2n) is 7.33. The van der Waals surface area contributed by atoms with Gasteiger partial charge in [-0.2, -0.15) is 10.0 Å². The van der Waals surface area contributed by atoms with Crippen molar-refractivity contribution in [2.24, 2.45) is 17.6 Å². The first-order valence-corrected chi connectivity index (χ1v) is 11.2. The molecule has 1 heterocycles. The molecule has 3 heteroatoms. The summed E-state index contributed by atoms with van der Waals surface area (Å²) in [6, 6.07) is 0. The minimum atomic E-state index is -1.00. The Kier molecular flexibility index (Phi) is 4.06. The summed E-state index contributed by atoms with van der Waals surface area (Å²) < 4.78 is 0. The fourth-order valence-corrected chi connectivity index (χ4v) is 6.65. The van der Waals surface area contributed by atoms with E-state index in [9.17, 15) is 0 Å². The van der Waals surface area contributed by atoms with E-state index in [4.69, 9.17) is 5.73 Å². The van der Waals surface area contributed by atoms with Gasteiger partial charge in [-0.3, -0.25) is 0 Å². The quantitative estimate of drug-likeness (QED) is 0.587. The smallest absolute Gasteiger partial charge is 0.0388 e. The highest BCUT2D eigenvalue weighted by atomic mass is 32.3. The van der Waals surface area contributed by atoms with Crippen molar-refractivity contribution in [3.63, 3.8) is 0 Å². The van der Waals surface area contributed by atoms with E-state index in [2.05, 4.69) is 73.8 Å². The van der Waals surface area contributed by atoms with E-state index >= 15 is 0 Å². The van der Waals surface area contributed by atoms with E-state index in [-0.39, 0.29) is 0 Å². The molecule has 0 fully saturated rings. The molecule has 0 aromatic heterocycles. The zero-order valence-electron chi connectivity index (χ0n) is 15.0. The third-order valence-electron chi connectivity index (χ3n) is 5.49. The van der Waals surface area contributed by atoms with Crippen LogP contribution < -0.4 is 5.73 Å². The van der Waals surface area contributed by atoms with Crippen LogP contribution in [0.15, 0.2) is 67.4 Å². The van der Waals surface area contributed by atoms with Crippen LogP contribution in [0.3, 0.4) is 0 Å². The Balaban J connectivity index is 2.36. The standard InChI is InChI=1S/C20H28NPS/c1-11-7-8-15-16(9-12(11)2)23(5,6)17-10-13(3)20(22)19(21)14(4)18(15)17/h7-11,13H,21-22H2,1-6H3. The Morgan fingerprint density at radius 1 is 1.13 bits per heavy atom. The maximum Gasteiger partial charge on any atom is 0.0388 e. The number of allylic oxidation sites excluding steroid dienone is 9. The van der Waals surface area contributed by atoms with Crippen molar-refractivity contribution in [1.29, 1.82) is 0 Å². The lowest BCUT2D eigenvalue weighted by atomic mass is 9.98. The molecule has 1 nitrogen and oxygen atoms in total. The molecule has 2 N–H and O–H groups in total. The van der Waals surface area contributed by atoms with Gasteiger partial charge in [-0.25, -0.2) is 0 Å². The molecule has 0 bridgehead atoms. The highest BCUT2D eigenvalue weighted by Crippen LogP contribution is 2.69. The van der Waals surface area contributed by atoms with E-state index in [0.29, 0.717) is 11.8 Å². The molecule has 0 radical (unpaired) electrons. The van der Waals surface area contributed by atoms with Gasteiger partial charge in [0.2, 0.25) is 0 Å². The zero-order chi connectivity index (χ0) is 17.1. The lowest BCUT2D eigenvalue weighted by Gasteiger charge is -2.31. The van der Waals surface area contributed by atoms with Gasteiger partial charge in [-0.1, -0.05) is 37.6 Å². The van der Waals surface area contributed by atoms with Crippen molar-refractivity contribution >= 4 is 19.3 Å². The Bertz CT molecular complexity index is 771. The molecule has 124 valence electrons. The van der Waals surface area contributed by atoms with Crippen molar-refractivity contribution in [2.45, 2.75) is 27.7 Å². The Hall–Kier alpha value is -0.980. The summed E-state index contributed by atoms with van der Waals surface area (Å²) in [5.41, 5.74) is 12.9. The third kappa shape index (κ3) is 2.42. The van der Waals surface area contributed by atoms with Gasteiger partial charge < -0.3 is 5.73 Å². The van der Waals surface area contributed by atoms with Crippen LogP contribution in [0.4, 0.5) is 0 Å². The molecule has 3 atom stereocenters. The molecule has 3 rings (SSSR count). The maximum atomic E-state index is 6.49. The maximum absolute atomic E-state index is 6.49. The SMILES string of the molecule is CC1=CC2=C(C=CC1C)C1=C(C)C(N)=C(P)C(C)C=C1S2(C)C. The van der Waals surface area contributed by atoms with Crippen molar-refractivity contribution < 1.29 is 0 Å². The summed E-state index contributed by atoms with van der Waals surface area (Å²) in [4.78, 5) is 3.03. The van der Waals surface area contributed by atoms with Crippen LogP contribution >= 0.6 is 19.3 Å². The highest BCUT2D eigenvalue weighted by Gasteiger charge is 2.38. The van der Waals surface area contributed by atoms with Gasteiger partial charge in [-0.15, -0.1) is 9.24 Å². The minimum Gasteiger partial charge on any atom is -0.398 e. The van der Waals surface area contributed by atoms with Gasteiger partial charge in [0.05, 0.1) is 0 Å². The Morgan fingerprint density at radius 2 is 1.78 bits per heavy atom. The Morgan fingerprint density at radius 3 is 2.43 bits per heavy atom. The summed E-state index contributed by atoms with van der Waals surface area (Å²) in [6.07, 6.45) is 14.4. The average Bonchev–Trinajstić information content (AvgIpc) is 2.58. The highest BCUT2D eigenvalue weighted by molar-refractivity contribution is 8.39. The van der Waals surface area contributed by atoms with Crippen molar-refractivity contribution in [1.82, 2.24) is 0 Å². The van der Waals surface area contributed by atoms with E-state index in [1.54, 1.807) is 0 Å². The first kappa shape index (κ1) is 16.9. The first-order valence-electron chi connectivity index (χ1n) is 8.19. The fourth-order valence-electron chi connectivity index (χ4n) is 3.58. The van der Waals surface area contributed by atoms with Gasteiger partial charge >= 0.3 is 0 Å². The second-order valence-corrected chi connectivity index (χ2v) is 11.5. The van der Waals surface area contributed by atoms with Crippen LogP contribution in [0.2, 0.25) is 0 Å². The van der Waals surface area contributed by atoms with E-state index in [1.807, 2.05) is 0 Å². The number of nitrogens with two attached hydrogens (primary N) is 1. The Labute approximate surface area is 144 Å². The number of hydrogen-bond donors (Lipinski definition) is 1. The van der Waals surface area contributed by atoms with Gasteiger partial charge in [0.15, 0.2) is 0 Å². The summed E-state index contributed by atoms with van der Waals surface area (Å²) >= 11 is 0. The van der Waals surface area contributed by atoms with Crippen LogP contribution in [-0.2, 0) is 0 Å². The normalized spacial score (nSPS) is 31.3. The van der Waals surface area contributed by atoms with Gasteiger partial charge in [-0.05, 0) is 65.3 Å². The predicted molar refractivity (Wildman–Crippen MR) is 109 cm³/mol. The van der Waals surface area contributed by atoms with Gasteiger partial charge in [0, 0.05) is 16.5 Å². The van der Waals surface area contributed by atoms with Crippen LogP contribution in [0.25, 0.3) is 0 Å². The molecule has 0 spiro atoms. The molecular weight excluding hydrogens is 317 g/mol. The monoisotopic (exact) mass is 345 g/mol. The molecule has 3 aliphatic rings. The molecule has 0 saturated carbocycles. The van der Waals surface area contributed by atoms with Crippen LogP contribution in [0.1, 0.15) is 27.7 Å². The molecule has 23 heavy (non-hydrogen) atoms. The van der Waals surface area contributed by atoms with Crippen LogP contribution in [0, 0.1) is 11.8 Å². The summed E-state index contributed by atoms with van der Waals surface area (Å²) in [5.74, 6) is 0.866. The molecule has 3 unspecified atom stereocenters. The lowest BCUT2D eigenvalue weighted by molar-refractivity contribution is 0.864. The fraction of sp³-hybridized carbons (Fsp3) is 0.400. The van der Waals surface area contributed by atoms with Crippen molar-refractivity contribution in [2.75, 3.05) is 12.5 Å². The molecule has 0 amide bonds. The average molecular weight is 345 g/mol. The van der Waals surface area contributed by atoms with Gasteiger partial charge in [0.25, 0.3) is 0 Å². The second kappa shape index (κ2) is 5.53. The number of rotatable bonds is 0. The molecule has 0 aromatic carbocycles.